The molecule has 2 aromatic rings. The van der Waals surface area contributed by atoms with Crippen LogP contribution in [0, 0.1) is 6.92 Å². The third-order valence-corrected chi connectivity index (χ3v) is 4.27. The van der Waals surface area contributed by atoms with Crippen molar-refractivity contribution in [1.29, 1.82) is 0 Å². The summed E-state index contributed by atoms with van der Waals surface area (Å²) in [5, 5.41) is 0. The Hall–Kier alpha value is -1.64. The van der Waals surface area contributed by atoms with Crippen molar-refractivity contribution >= 4 is 0 Å². The zero-order chi connectivity index (χ0) is 14.7. The molecule has 21 heavy (non-hydrogen) atoms. The minimum atomic E-state index is 0.413. The molecule has 1 aliphatic rings. The maximum Gasteiger partial charge on any atom is 0.0710 e. The lowest BCUT2D eigenvalue weighted by Crippen LogP contribution is -2.22. The van der Waals surface area contributed by atoms with E-state index < -0.39 is 0 Å². The Kier molecular flexibility index (Phi) is 4.37. The standard InChI is InChI=1S/C19H23NO/c1-15-4-3-5-18(12-15)17-8-6-16(7-9-17)13-20-11-10-19(14-20)21-2/h3-9,12,19H,10-11,13-14H2,1-2H3/t19-/m0/s1. The number of nitrogens with zero attached hydrogens (tertiary/aromatic N) is 1. The molecule has 0 spiro atoms. The summed E-state index contributed by atoms with van der Waals surface area (Å²) in [4.78, 5) is 2.47. The largest absolute Gasteiger partial charge is 0.380 e. The van der Waals surface area contributed by atoms with E-state index in [1.807, 2.05) is 7.11 Å². The lowest BCUT2D eigenvalue weighted by Gasteiger charge is -2.16. The van der Waals surface area contributed by atoms with Gasteiger partial charge in [-0.1, -0.05) is 54.1 Å². The van der Waals surface area contributed by atoms with E-state index in [1.54, 1.807) is 0 Å². The van der Waals surface area contributed by atoms with Crippen LogP contribution in [0.25, 0.3) is 11.1 Å². The van der Waals surface area contributed by atoms with Crippen molar-refractivity contribution < 1.29 is 4.74 Å². The van der Waals surface area contributed by atoms with E-state index in [0.717, 1.165) is 26.1 Å². The third-order valence-electron chi connectivity index (χ3n) is 4.27. The lowest BCUT2D eigenvalue weighted by molar-refractivity contribution is 0.107. The molecule has 0 bridgehead atoms. The Labute approximate surface area is 127 Å². The Bertz CT molecular complexity index is 591. The number of methoxy groups -OCH3 is 1. The number of hydrogen-bond acceptors (Lipinski definition) is 2. The van der Waals surface area contributed by atoms with Crippen molar-refractivity contribution in [3.05, 3.63) is 59.7 Å². The molecular weight excluding hydrogens is 258 g/mol. The highest BCUT2D eigenvalue weighted by Crippen LogP contribution is 2.22. The van der Waals surface area contributed by atoms with Gasteiger partial charge in [0.2, 0.25) is 0 Å². The van der Waals surface area contributed by atoms with Gasteiger partial charge in [-0.15, -0.1) is 0 Å². The molecule has 110 valence electrons. The van der Waals surface area contributed by atoms with Gasteiger partial charge in [-0.3, -0.25) is 4.90 Å². The molecule has 1 heterocycles. The fourth-order valence-electron chi connectivity index (χ4n) is 3.02. The van der Waals surface area contributed by atoms with E-state index in [1.165, 1.54) is 22.3 Å². The summed E-state index contributed by atoms with van der Waals surface area (Å²) in [6.07, 6.45) is 1.56. The molecule has 2 nitrogen and oxygen atoms in total. The molecule has 0 amide bonds. The fourth-order valence-corrected chi connectivity index (χ4v) is 3.02. The maximum atomic E-state index is 5.43. The molecule has 0 N–H and O–H groups in total. The Morgan fingerprint density at radius 1 is 1.10 bits per heavy atom. The molecule has 1 fully saturated rings. The monoisotopic (exact) mass is 281 g/mol. The predicted molar refractivity (Wildman–Crippen MR) is 87.3 cm³/mol. The topological polar surface area (TPSA) is 12.5 Å². The Morgan fingerprint density at radius 3 is 2.57 bits per heavy atom. The van der Waals surface area contributed by atoms with Crippen molar-refractivity contribution in [2.45, 2.75) is 26.0 Å². The minimum Gasteiger partial charge on any atom is -0.380 e. The summed E-state index contributed by atoms with van der Waals surface area (Å²) in [5.74, 6) is 0. The van der Waals surface area contributed by atoms with Gasteiger partial charge in [0.15, 0.2) is 0 Å². The second kappa shape index (κ2) is 6.42. The van der Waals surface area contributed by atoms with Crippen LogP contribution in [-0.4, -0.2) is 31.2 Å². The predicted octanol–water partition coefficient (Wildman–Crippen LogP) is 3.88. The first-order chi connectivity index (χ1) is 10.2. The molecule has 0 aromatic heterocycles. The van der Waals surface area contributed by atoms with Crippen molar-refractivity contribution in [1.82, 2.24) is 4.90 Å². The summed E-state index contributed by atoms with van der Waals surface area (Å²) >= 11 is 0. The molecule has 0 unspecified atom stereocenters. The molecular formula is C19H23NO. The van der Waals surface area contributed by atoms with Gasteiger partial charge < -0.3 is 4.74 Å². The number of rotatable bonds is 4. The first-order valence-electron chi connectivity index (χ1n) is 7.66. The highest BCUT2D eigenvalue weighted by molar-refractivity contribution is 5.64. The Morgan fingerprint density at radius 2 is 1.90 bits per heavy atom. The molecule has 1 saturated heterocycles. The van der Waals surface area contributed by atoms with Gasteiger partial charge >= 0.3 is 0 Å². The van der Waals surface area contributed by atoms with Crippen molar-refractivity contribution in [3.8, 4) is 11.1 Å². The molecule has 0 saturated carbocycles. The van der Waals surface area contributed by atoms with Gasteiger partial charge in [0.05, 0.1) is 6.10 Å². The van der Waals surface area contributed by atoms with Crippen LogP contribution in [0.5, 0.6) is 0 Å². The average molecular weight is 281 g/mol. The van der Waals surface area contributed by atoms with Crippen LogP contribution in [0.4, 0.5) is 0 Å². The van der Waals surface area contributed by atoms with Crippen LogP contribution in [0.15, 0.2) is 48.5 Å². The van der Waals surface area contributed by atoms with Crippen LogP contribution in [0.1, 0.15) is 17.5 Å². The van der Waals surface area contributed by atoms with E-state index in [2.05, 4.69) is 60.4 Å². The van der Waals surface area contributed by atoms with Crippen LogP contribution < -0.4 is 0 Å². The van der Waals surface area contributed by atoms with Crippen molar-refractivity contribution in [2.75, 3.05) is 20.2 Å². The summed E-state index contributed by atoms with van der Waals surface area (Å²) in [5.41, 5.74) is 5.27. The highest BCUT2D eigenvalue weighted by atomic mass is 16.5. The van der Waals surface area contributed by atoms with Crippen LogP contribution in [0.2, 0.25) is 0 Å². The molecule has 1 aliphatic heterocycles. The highest BCUT2D eigenvalue weighted by Gasteiger charge is 2.21. The normalized spacial score (nSPS) is 19.0. The van der Waals surface area contributed by atoms with Gasteiger partial charge in [0, 0.05) is 26.7 Å². The van der Waals surface area contributed by atoms with E-state index >= 15 is 0 Å². The average Bonchev–Trinajstić information content (AvgIpc) is 2.96. The first-order valence-corrected chi connectivity index (χ1v) is 7.66. The summed E-state index contributed by atoms with van der Waals surface area (Å²) in [6.45, 7) is 5.35. The molecule has 1 atom stereocenters. The molecule has 2 heteroatoms. The van der Waals surface area contributed by atoms with Crippen LogP contribution >= 0.6 is 0 Å². The maximum absolute atomic E-state index is 5.43. The molecule has 0 radical (unpaired) electrons. The second-order valence-corrected chi connectivity index (χ2v) is 5.95. The zero-order valence-electron chi connectivity index (χ0n) is 12.9. The van der Waals surface area contributed by atoms with Crippen LogP contribution in [0.3, 0.4) is 0 Å². The van der Waals surface area contributed by atoms with E-state index in [4.69, 9.17) is 4.74 Å². The van der Waals surface area contributed by atoms with Gasteiger partial charge in [-0.2, -0.15) is 0 Å². The number of aryl methyl sites for hydroxylation is 1. The van der Waals surface area contributed by atoms with Crippen molar-refractivity contribution in [2.24, 2.45) is 0 Å². The summed E-state index contributed by atoms with van der Waals surface area (Å²) < 4.78 is 5.43. The SMILES string of the molecule is CO[C@H]1CCN(Cc2ccc(-c3cccc(C)c3)cc2)C1. The summed E-state index contributed by atoms with van der Waals surface area (Å²) in [7, 11) is 1.81. The number of hydrogen-bond donors (Lipinski definition) is 0. The smallest absolute Gasteiger partial charge is 0.0710 e. The molecule has 3 rings (SSSR count). The zero-order valence-corrected chi connectivity index (χ0v) is 12.9. The Balaban J connectivity index is 1.67. The fraction of sp³-hybridized carbons (Fsp3) is 0.368. The number of ether oxygens (including phenoxy) is 1. The quantitative estimate of drug-likeness (QED) is 0.843. The molecule has 2 aromatic carbocycles. The van der Waals surface area contributed by atoms with Crippen molar-refractivity contribution in [3.63, 3.8) is 0 Å². The van der Waals surface area contributed by atoms with E-state index in [-0.39, 0.29) is 0 Å². The lowest BCUT2D eigenvalue weighted by atomic mass is 10.0. The van der Waals surface area contributed by atoms with Gasteiger partial charge in [0.1, 0.15) is 0 Å². The van der Waals surface area contributed by atoms with Gasteiger partial charge in [-0.25, -0.2) is 0 Å². The first kappa shape index (κ1) is 14.3. The minimum absolute atomic E-state index is 0.413. The van der Waals surface area contributed by atoms with E-state index in [9.17, 15) is 0 Å². The number of likely N-dealkylation sites (tertiary alicyclic amines) is 1. The summed E-state index contributed by atoms with van der Waals surface area (Å²) in [6, 6.07) is 17.6. The van der Waals surface area contributed by atoms with E-state index in [0.29, 0.717) is 6.10 Å². The van der Waals surface area contributed by atoms with Crippen LogP contribution in [-0.2, 0) is 11.3 Å². The third kappa shape index (κ3) is 3.52. The van der Waals surface area contributed by atoms with Gasteiger partial charge in [0.25, 0.3) is 0 Å². The number of benzene rings is 2. The van der Waals surface area contributed by atoms with Gasteiger partial charge in [-0.05, 0) is 30.0 Å². The second-order valence-electron chi connectivity index (χ2n) is 5.95. The molecule has 0 aliphatic carbocycles.